The Labute approximate surface area is 203 Å². The molecule has 2 aliphatic rings. The SMILES string of the molecule is CC1(C)c2ccccc2-c2cc3c(cc21)Oc1ccc(-c2cccc(-c4cccs4)c2)cc1O3. The van der Waals surface area contributed by atoms with Gasteiger partial charge < -0.3 is 9.47 Å². The van der Waals surface area contributed by atoms with Crippen LogP contribution >= 0.6 is 11.3 Å². The first-order chi connectivity index (χ1) is 16.6. The molecule has 0 radical (unpaired) electrons. The molecule has 7 rings (SSSR count). The average molecular weight is 459 g/mol. The number of ether oxygens (including phenoxy) is 2. The lowest BCUT2D eigenvalue weighted by Gasteiger charge is -2.25. The number of hydrogen-bond acceptors (Lipinski definition) is 3. The van der Waals surface area contributed by atoms with Gasteiger partial charge in [0.05, 0.1) is 0 Å². The van der Waals surface area contributed by atoms with E-state index in [0.29, 0.717) is 0 Å². The summed E-state index contributed by atoms with van der Waals surface area (Å²) in [5.74, 6) is 3.04. The third-order valence-electron chi connectivity index (χ3n) is 7.03. The van der Waals surface area contributed by atoms with E-state index >= 15 is 0 Å². The second-order valence-electron chi connectivity index (χ2n) is 9.44. The largest absolute Gasteiger partial charge is 0.450 e. The third-order valence-corrected chi connectivity index (χ3v) is 7.95. The van der Waals surface area contributed by atoms with E-state index in [1.165, 1.54) is 32.7 Å². The molecule has 1 aliphatic carbocycles. The molecule has 4 aromatic carbocycles. The standard InChI is InChI=1S/C31H22O2S/c1-31(2)24-10-4-3-9-22(24)23-17-28-29(18-25(23)31)32-26-13-12-20(16-27(26)33-28)19-7-5-8-21(15-19)30-11-6-14-34-30/h3-18H,1-2H3. The Morgan fingerprint density at radius 1 is 0.559 bits per heavy atom. The molecule has 164 valence electrons. The van der Waals surface area contributed by atoms with Gasteiger partial charge in [-0.25, -0.2) is 0 Å². The minimum Gasteiger partial charge on any atom is -0.450 e. The molecule has 0 N–H and O–H groups in total. The Morgan fingerprint density at radius 3 is 2.21 bits per heavy atom. The fourth-order valence-electron chi connectivity index (χ4n) is 5.25. The minimum atomic E-state index is -0.0674. The predicted octanol–water partition coefficient (Wildman–Crippen LogP) is 9.29. The maximum absolute atomic E-state index is 6.43. The fourth-order valence-corrected chi connectivity index (χ4v) is 5.97. The van der Waals surface area contributed by atoms with Crippen molar-refractivity contribution in [2.75, 3.05) is 0 Å². The molecule has 0 amide bonds. The summed E-state index contributed by atoms with van der Waals surface area (Å²) in [4.78, 5) is 1.27. The lowest BCUT2D eigenvalue weighted by Crippen LogP contribution is -2.15. The molecule has 1 aliphatic heterocycles. The van der Waals surface area contributed by atoms with Crippen molar-refractivity contribution in [3.8, 4) is 55.7 Å². The van der Waals surface area contributed by atoms with Gasteiger partial charge in [0.25, 0.3) is 0 Å². The third kappa shape index (κ3) is 2.87. The second-order valence-corrected chi connectivity index (χ2v) is 10.4. The smallest absolute Gasteiger partial charge is 0.170 e. The van der Waals surface area contributed by atoms with E-state index in [4.69, 9.17) is 9.47 Å². The number of hydrogen-bond donors (Lipinski definition) is 0. The Bertz CT molecular complexity index is 1580. The van der Waals surface area contributed by atoms with Crippen LogP contribution in [0.15, 0.2) is 96.4 Å². The van der Waals surface area contributed by atoms with E-state index in [0.717, 1.165) is 34.1 Å². The zero-order valence-corrected chi connectivity index (χ0v) is 19.8. The van der Waals surface area contributed by atoms with E-state index in [-0.39, 0.29) is 5.41 Å². The highest BCUT2D eigenvalue weighted by atomic mass is 32.1. The highest BCUT2D eigenvalue weighted by molar-refractivity contribution is 7.13. The summed E-state index contributed by atoms with van der Waals surface area (Å²) in [6.07, 6.45) is 0. The molecule has 0 unspecified atom stereocenters. The fraction of sp³-hybridized carbons (Fsp3) is 0.0968. The molecule has 1 aromatic heterocycles. The van der Waals surface area contributed by atoms with Crippen LogP contribution in [-0.4, -0.2) is 0 Å². The molecule has 0 atom stereocenters. The lowest BCUT2D eigenvalue weighted by atomic mass is 9.82. The summed E-state index contributed by atoms with van der Waals surface area (Å²) in [5, 5.41) is 2.11. The molecule has 3 heteroatoms. The molecule has 34 heavy (non-hydrogen) atoms. The molecule has 0 spiro atoms. The molecule has 0 saturated heterocycles. The second kappa shape index (κ2) is 7.09. The van der Waals surface area contributed by atoms with Crippen LogP contribution in [-0.2, 0) is 5.41 Å². The first kappa shape index (κ1) is 19.6. The van der Waals surface area contributed by atoms with Crippen LogP contribution in [0.1, 0.15) is 25.0 Å². The average Bonchev–Trinajstić information content (AvgIpc) is 3.48. The van der Waals surface area contributed by atoms with Gasteiger partial charge in [0.1, 0.15) is 0 Å². The quantitative estimate of drug-likeness (QED) is 0.257. The minimum absolute atomic E-state index is 0.0674. The van der Waals surface area contributed by atoms with Crippen molar-refractivity contribution >= 4 is 11.3 Å². The normalized spacial score (nSPS) is 14.3. The van der Waals surface area contributed by atoms with Crippen molar-refractivity contribution in [3.63, 3.8) is 0 Å². The van der Waals surface area contributed by atoms with Crippen molar-refractivity contribution in [1.82, 2.24) is 0 Å². The molecule has 0 fully saturated rings. The van der Waals surface area contributed by atoms with E-state index in [1.807, 2.05) is 6.07 Å². The van der Waals surface area contributed by atoms with E-state index in [9.17, 15) is 0 Å². The highest BCUT2D eigenvalue weighted by Crippen LogP contribution is 2.55. The van der Waals surface area contributed by atoms with Gasteiger partial charge in [0.2, 0.25) is 0 Å². The Hall–Kier alpha value is -3.82. The first-order valence-corrected chi connectivity index (χ1v) is 12.4. The monoisotopic (exact) mass is 458 g/mol. The van der Waals surface area contributed by atoms with Crippen LogP contribution in [0.3, 0.4) is 0 Å². The zero-order valence-electron chi connectivity index (χ0n) is 19.0. The Balaban J connectivity index is 1.28. The zero-order chi connectivity index (χ0) is 22.9. The van der Waals surface area contributed by atoms with Crippen LogP contribution < -0.4 is 9.47 Å². The van der Waals surface area contributed by atoms with Gasteiger partial charge in [-0.2, -0.15) is 0 Å². The van der Waals surface area contributed by atoms with Crippen molar-refractivity contribution in [2.45, 2.75) is 19.3 Å². The highest BCUT2D eigenvalue weighted by Gasteiger charge is 2.37. The summed E-state index contributed by atoms with van der Waals surface area (Å²) in [6.45, 7) is 4.55. The Kier molecular flexibility index (Phi) is 4.09. The maximum Gasteiger partial charge on any atom is 0.170 e. The summed E-state index contributed by atoms with van der Waals surface area (Å²) < 4.78 is 12.8. The molecular weight excluding hydrogens is 436 g/mol. The van der Waals surface area contributed by atoms with Crippen LogP contribution in [0.4, 0.5) is 0 Å². The van der Waals surface area contributed by atoms with Gasteiger partial charge in [0.15, 0.2) is 23.0 Å². The molecule has 0 saturated carbocycles. The van der Waals surface area contributed by atoms with Gasteiger partial charge in [-0.15, -0.1) is 11.3 Å². The van der Waals surface area contributed by atoms with Gasteiger partial charge in [-0.1, -0.05) is 68.4 Å². The van der Waals surface area contributed by atoms with Crippen LogP contribution in [0.5, 0.6) is 23.0 Å². The lowest BCUT2D eigenvalue weighted by molar-refractivity contribution is 0.359. The molecule has 0 bridgehead atoms. The van der Waals surface area contributed by atoms with Crippen molar-refractivity contribution < 1.29 is 9.47 Å². The topological polar surface area (TPSA) is 18.5 Å². The molecule has 2 heterocycles. The summed E-state index contributed by atoms with van der Waals surface area (Å²) >= 11 is 1.75. The number of fused-ring (bicyclic) bond motifs is 5. The Morgan fingerprint density at radius 2 is 1.32 bits per heavy atom. The number of thiophene rings is 1. The van der Waals surface area contributed by atoms with Crippen LogP contribution in [0, 0.1) is 0 Å². The van der Waals surface area contributed by atoms with Crippen molar-refractivity contribution in [1.29, 1.82) is 0 Å². The summed E-state index contributed by atoms with van der Waals surface area (Å²) in [7, 11) is 0. The van der Waals surface area contributed by atoms with Crippen molar-refractivity contribution in [3.05, 3.63) is 108 Å². The van der Waals surface area contributed by atoms with Gasteiger partial charge in [0, 0.05) is 10.3 Å². The summed E-state index contributed by atoms with van der Waals surface area (Å²) in [5.41, 5.74) is 8.56. The number of rotatable bonds is 2. The first-order valence-electron chi connectivity index (χ1n) is 11.5. The van der Waals surface area contributed by atoms with E-state index in [1.54, 1.807) is 11.3 Å². The van der Waals surface area contributed by atoms with Crippen LogP contribution in [0.2, 0.25) is 0 Å². The molecule has 2 nitrogen and oxygen atoms in total. The van der Waals surface area contributed by atoms with Gasteiger partial charge in [-0.3, -0.25) is 0 Å². The van der Waals surface area contributed by atoms with Crippen LogP contribution in [0.25, 0.3) is 32.7 Å². The van der Waals surface area contributed by atoms with E-state index < -0.39 is 0 Å². The molecule has 5 aromatic rings. The van der Waals surface area contributed by atoms with Gasteiger partial charge >= 0.3 is 0 Å². The van der Waals surface area contributed by atoms with E-state index in [2.05, 4.69) is 104 Å². The number of benzene rings is 4. The van der Waals surface area contributed by atoms with Gasteiger partial charge in [-0.05, 0) is 80.7 Å². The predicted molar refractivity (Wildman–Crippen MR) is 139 cm³/mol. The van der Waals surface area contributed by atoms with Crippen molar-refractivity contribution in [2.24, 2.45) is 0 Å². The molecular formula is C31H22O2S. The maximum atomic E-state index is 6.43. The summed E-state index contributed by atoms with van der Waals surface area (Å²) in [6, 6.07) is 32.0.